The molecule has 4 heteroatoms. The van der Waals surface area contributed by atoms with E-state index in [1.807, 2.05) is 6.92 Å². The molecule has 0 fully saturated rings. The third-order valence-corrected chi connectivity index (χ3v) is 2.55. The van der Waals surface area contributed by atoms with E-state index in [0.717, 1.165) is 6.42 Å². The molecule has 4 nitrogen and oxygen atoms in total. The van der Waals surface area contributed by atoms with Crippen LogP contribution in [0.3, 0.4) is 0 Å². The number of methoxy groups -OCH3 is 1. The lowest BCUT2D eigenvalue weighted by molar-refractivity contribution is 0.0778. The van der Waals surface area contributed by atoms with Crippen LogP contribution in [-0.2, 0) is 0 Å². The van der Waals surface area contributed by atoms with Crippen molar-refractivity contribution in [1.29, 1.82) is 0 Å². The van der Waals surface area contributed by atoms with Gasteiger partial charge >= 0.3 is 0 Å². The monoisotopic (exact) mass is 246 g/mol. The number of ether oxygens (including phenoxy) is 1. The normalized spacial score (nSPS) is 9.61. The summed E-state index contributed by atoms with van der Waals surface area (Å²) in [4.78, 5) is 13.9. The van der Waals surface area contributed by atoms with Crippen molar-refractivity contribution in [2.75, 3.05) is 25.9 Å². The van der Waals surface area contributed by atoms with Gasteiger partial charge in [0.05, 0.1) is 19.2 Å². The third kappa shape index (κ3) is 3.17. The fourth-order valence-electron chi connectivity index (χ4n) is 1.67. The van der Waals surface area contributed by atoms with Gasteiger partial charge in [-0.05, 0) is 18.6 Å². The highest BCUT2D eigenvalue weighted by molar-refractivity contribution is 5.99. The summed E-state index contributed by atoms with van der Waals surface area (Å²) in [5.74, 6) is 2.97. The Morgan fingerprint density at radius 3 is 2.78 bits per heavy atom. The van der Waals surface area contributed by atoms with Gasteiger partial charge in [0.1, 0.15) is 5.75 Å². The summed E-state index contributed by atoms with van der Waals surface area (Å²) in [6.07, 6.45) is 6.11. The molecule has 1 aromatic rings. The molecule has 0 aliphatic rings. The van der Waals surface area contributed by atoms with E-state index in [0.29, 0.717) is 23.5 Å². The van der Waals surface area contributed by atoms with Gasteiger partial charge in [-0.3, -0.25) is 4.79 Å². The highest BCUT2D eigenvalue weighted by atomic mass is 16.5. The topological polar surface area (TPSA) is 55.6 Å². The van der Waals surface area contributed by atoms with E-state index in [1.54, 1.807) is 30.2 Å². The molecule has 0 aromatic heterocycles. The van der Waals surface area contributed by atoms with Crippen LogP contribution in [0, 0.1) is 12.3 Å². The minimum atomic E-state index is -0.144. The van der Waals surface area contributed by atoms with E-state index in [-0.39, 0.29) is 12.5 Å². The van der Waals surface area contributed by atoms with Crippen molar-refractivity contribution in [3.05, 3.63) is 23.8 Å². The molecule has 1 aromatic carbocycles. The molecular weight excluding hydrogens is 228 g/mol. The number of rotatable bonds is 5. The van der Waals surface area contributed by atoms with E-state index in [2.05, 4.69) is 5.92 Å². The van der Waals surface area contributed by atoms with Crippen LogP contribution >= 0.6 is 0 Å². The average molecular weight is 246 g/mol. The predicted octanol–water partition coefficient (Wildman–Crippen LogP) is 1.76. The Kier molecular flexibility index (Phi) is 5.06. The van der Waals surface area contributed by atoms with Gasteiger partial charge in [-0.1, -0.05) is 12.8 Å². The van der Waals surface area contributed by atoms with Gasteiger partial charge in [0.2, 0.25) is 0 Å². The molecule has 0 saturated carbocycles. The molecule has 1 rings (SSSR count). The van der Waals surface area contributed by atoms with Crippen LogP contribution in [0.1, 0.15) is 23.7 Å². The van der Waals surface area contributed by atoms with E-state index in [4.69, 9.17) is 16.9 Å². The highest BCUT2D eigenvalue weighted by Crippen LogP contribution is 2.21. The molecule has 0 aliphatic carbocycles. The zero-order chi connectivity index (χ0) is 13.5. The van der Waals surface area contributed by atoms with E-state index < -0.39 is 0 Å². The minimum absolute atomic E-state index is 0.144. The molecule has 0 unspecified atom stereocenters. The second-order valence-corrected chi connectivity index (χ2v) is 3.88. The van der Waals surface area contributed by atoms with E-state index in [9.17, 15) is 4.79 Å². The Balaban J connectivity index is 2.98. The van der Waals surface area contributed by atoms with Gasteiger partial charge in [0.15, 0.2) is 0 Å². The molecule has 0 aliphatic heterocycles. The Morgan fingerprint density at radius 1 is 1.56 bits per heavy atom. The largest absolute Gasteiger partial charge is 0.497 e. The van der Waals surface area contributed by atoms with Gasteiger partial charge in [-0.25, -0.2) is 0 Å². The lowest BCUT2D eigenvalue weighted by atomic mass is 10.1. The van der Waals surface area contributed by atoms with Gasteiger partial charge in [-0.15, -0.1) is 6.42 Å². The Hall–Kier alpha value is -2.15. The van der Waals surface area contributed by atoms with Crippen LogP contribution in [0.15, 0.2) is 18.2 Å². The molecule has 96 valence electrons. The first-order valence-corrected chi connectivity index (χ1v) is 5.80. The SMILES string of the molecule is C#CCN(CCC)C(=O)c1ccc(OC)cc1N. The number of amides is 1. The lowest BCUT2D eigenvalue weighted by Gasteiger charge is -2.20. The Morgan fingerprint density at radius 2 is 2.28 bits per heavy atom. The smallest absolute Gasteiger partial charge is 0.256 e. The quantitative estimate of drug-likeness (QED) is 0.636. The maximum absolute atomic E-state index is 12.3. The van der Waals surface area contributed by atoms with Crippen LogP contribution in [0.2, 0.25) is 0 Å². The molecule has 0 radical (unpaired) electrons. The zero-order valence-electron chi connectivity index (χ0n) is 10.8. The first kappa shape index (κ1) is 13.9. The molecule has 2 N–H and O–H groups in total. The van der Waals surface area contributed by atoms with Crippen molar-refractivity contribution in [3.63, 3.8) is 0 Å². The number of carbonyl (C=O) groups is 1. The van der Waals surface area contributed by atoms with Gasteiger partial charge < -0.3 is 15.4 Å². The summed E-state index contributed by atoms with van der Waals surface area (Å²) in [5, 5.41) is 0. The van der Waals surface area contributed by atoms with Crippen LogP contribution in [0.25, 0.3) is 0 Å². The second-order valence-electron chi connectivity index (χ2n) is 3.88. The number of hydrogen-bond acceptors (Lipinski definition) is 3. The van der Waals surface area contributed by atoms with Crippen molar-refractivity contribution in [3.8, 4) is 18.1 Å². The first-order valence-electron chi connectivity index (χ1n) is 5.80. The molecule has 1 amide bonds. The summed E-state index contributed by atoms with van der Waals surface area (Å²) >= 11 is 0. The van der Waals surface area contributed by atoms with Crippen molar-refractivity contribution < 1.29 is 9.53 Å². The fourth-order valence-corrected chi connectivity index (χ4v) is 1.67. The number of benzene rings is 1. The number of nitrogens with two attached hydrogens (primary N) is 1. The summed E-state index contributed by atoms with van der Waals surface area (Å²) < 4.78 is 5.05. The maximum Gasteiger partial charge on any atom is 0.256 e. The van der Waals surface area contributed by atoms with Crippen molar-refractivity contribution in [1.82, 2.24) is 4.90 Å². The second kappa shape index (κ2) is 6.55. The summed E-state index contributed by atoms with van der Waals surface area (Å²) in [7, 11) is 1.55. The van der Waals surface area contributed by atoms with Crippen LogP contribution in [0.5, 0.6) is 5.75 Å². The maximum atomic E-state index is 12.3. The molecule has 0 saturated heterocycles. The molecular formula is C14H18N2O2. The number of anilines is 1. The Bertz CT molecular complexity index is 463. The van der Waals surface area contributed by atoms with Gasteiger partial charge in [-0.2, -0.15) is 0 Å². The first-order chi connectivity index (χ1) is 8.63. The van der Waals surface area contributed by atoms with Gasteiger partial charge in [0.25, 0.3) is 5.91 Å². The Labute approximate surface area is 108 Å². The summed E-state index contributed by atoms with van der Waals surface area (Å²) in [6.45, 7) is 2.90. The molecule has 18 heavy (non-hydrogen) atoms. The van der Waals surface area contributed by atoms with Crippen LogP contribution in [-0.4, -0.2) is 31.0 Å². The van der Waals surface area contributed by atoms with E-state index in [1.165, 1.54) is 0 Å². The predicted molar refractivity (Wildman–Crippen MR) is 72.4 cm³/mol. The zero-order valence-corrected chi connectivity index (χ0v) is 10.8. The number of carbonyl (C=O) groups excluding carboxylic acids is 1. The molecule has 0 spiro atoms. The van der Waals surface area contributed by atoms with Crippen molar-refractivity contribution in [2.24, 2.45) is 0 Å². The number of nitrogen functional groups attached to an aromatic ring is 1. The fraction of sp³-hybridized carbons (Fsp3) is 0.357. The van der Waals surface area contributed by atoms with E-state index >= 15 is 0 Å². The summed E-state index contributed by atoms with van der Waals surface area (Å²) in [5.41, 5.74) is 6.71. The molecule has 0 heterocycles. The highest BCUT2D eigenvalue weighted by Gasteiger charge is 2.16. The standard InChI is InChI=1S/C14H18N2O2/c1-4-8-16(9-5-2)14(17)12-7-6-11(18-3)10-13(12)15/h1,6-7,10H,5,8-9,15H2,2-3H3. The summed E-state index contributed by atoms with van der Waals surface area (Å²) in [6, 6.07) is 5.01. The number of hydrogen-bond donors (Lipinski definition) is 1. The molecule has 0 bridgehead atoms. The molecule has 0 atom stereocenters. The van der Waals surface area contributed by atoms with Crippen LogP contribution in [0.4, 0.5) is 5.69 Å². The number of terminal acetylenes is 1. The number of nitrogens with zero attached hydrogens (tertiary/aromatic N) is 1. The van der Waals surface area contributed by atoms with Crippen molar-refractivity contribution >= 4 is 11.6 Å². The average Bonchev–Trinajstić information content (AvgIpc) is 2.37. The van der Waals surface area contributed by atoms with Crippen LogP contribution < -0.4 is 10.5 Å². The van der Waals surface area contributed by atoms with Gasteiger partial charge in [0, 0.05) is 18.3 Å². The third-order valence-electron chi connectivity index (χ3n) is 2.55. The lowest BCUT2D eigenvalue weighted by Crippen LogP contribution is -2.32. The van der Waals surface area contributed by atoms with Crippen molar-refractivity contribution in [2.45, 2.75) is 13.3 Å². The minimum Gasteiger partial charge on any atom is -0.497 e.